The minimum atomic E-state index is -0.572. The molecule has 1 N–H and O–H groups in total. The monoisotopic (exact) mass is 246 g/mol. The van der Waals surface area contributed by atoms with Crippen LogP contribution in [0.15, 0.2) is 24.3 Å². The van der Waals surface area contributed by atoms with Gasteiger partial charge in [-0.3, -0.25) is 0 Å². The van der Waals surface area contributed by atoms with Crippen molar-refractivity contribution >= 4 is 0 Å². The lowest BCUT2D eigenvalue weighted by Crippen LogP contribution is -2.37. The van der Waals surface area contributed by atoms with Gasteiger partial charge in [-0.2, -0.15) is 0 Å². The standard InChI is InChI=1S/C17H26O/c1-3-7-14-9-11-16(12-10-14)17(18)13-6-5-8-15(17)4-2/h9-12,15,18H,3-8,13H2,1-2H3. The Kier molecular flexibility index (Phi) is 4.45. The Labute approximate surface area is 111 Å². The van der Waals surface area contributed by atoms with Crippen LogP contribution < -0.4 is 0 Å². The zero-order valence-electron chi connectivity index (χ0n) is 11.8. The van der Waals surface area contributed by atoms with E-state index in [2.05, 4.69) is 38.1 Å². The lowest BCUT2D eigenvalue weighted by molar-refractivity contribution is -0.0557. The van der Waals surface area contributed by atoms with Gasteiger partial charge in [0.15, 0.2) is 0 Å². The van der Waals surface area contributed by atoms with E-state index < -0.39 is 5.60 Å². The van der Waals surface area contributed by atoms with Gasteiger partial charge in [-0.05, 0) is 36.3 Å². The summed E-state index contributed by atoms with van der Waals surface area (Å²) in [5, 5.41) is 11.0. The molecule has 0 aromatic heterocycles. The summed E-state index contributed by atoms with van der Waals surface area (Å²) in [5.74, 6) is 0.434. The maximum atomic E-state index is 11.0. The molecule has 0 amide bonds. The molecule has 1 aliphatic rings. The molecule has 1 nitrogen and oxygen atoms in total. The molecular formula is C17H26O. The van der Waals surface area contributed by atoms with Crippen molar-refractivity contribution in [1.82, 2.24) is 0 Å². The molecule has 0 saturated heterocycles. The molecule has 1 aliphatic carbocycles. The van der Waals surface area contributed by atoms with Gasteiger partial charge in [0.05, 0.1) is 5.60 Å². The zero-order chi connectivity index (χ0) is 13.0. The smallest absolute Gasteiger partial charge is 0.0924 e. The molecule has 0 spiro atoms. The molecule has 2 rings (SSSR count). The molecule has 2 atom stereocenters. The number of aliphatic hydroxyl groups is 1. The Bertz CT molecular complexity index is 368. The third-order valence-electron chi connectivity index (χ3n) is 4.52. The first-order chi connectivity index (χ1) is 8.70. The first-order valence-corrected chi connectivity index (χ1v) is 7.52. The van der Waals surface area contributed by atoms with E-state index in [4.69, 9.17) is 0 Å². The number of aryl methyl sites for hydroxylation is 1. The van der Waals surface area contributed by atoms with Crippen molar-refractivity contribution < 1.29 is 5.11 Å². The highest BCUT2D eigenvalue weighted by Gasteiger charge is 2.38. The van der Waals surface area contributed by atoms with Crippen LogP contribution in [0, 0.1) is 5.92 Å². The molecule has 1 saturated carbocycles. The molecule has 1 heteroatoms. The maximum absolute atomic E-state index is 11.0. The topological polar surface area (TPSA) is 20.2 Å². The second kappa shape index (κ2) is 5.88. The van der Waals surface area contributed by atoms with Gasteiger partial charge in [-0.1, -0.05) is 63.8 Å². The fourth-order valence-electron chi connectivity index (χ4n) is 3.40. The predicted octanol–water partition coefficient (Wildman–Crippen LogP) is 4.43. The van der Waals surface area contributed by atoms with Gasteiger partial charge >= 0.3 is 0 Å². The van der Waals surface area contributed by atoms with Crippen molar-refractivity contribution in [3.63, 3.8) is 0 Å². The first-order valence-electron chi connectivity index (χ1n) is 7.52. The van der Waals surface area contributed by atoms with Crippen molar-refractivity contribution in [2.24, 2.45) is 5.92 Å². The molecule has 18 heavy (non-hydrogen) atoms. The Hall–Kier alpha value is -0.820. The zero-order valence-corrected chi connectivity index (χ0v) is 11.8. The summed E-state index contributed by atoms with van der Waals surface area (Å²) in [6.45, 7) is 4.40. The fraction of sp³-hybridized carbons (Fsp3) is 0.647. The van der Waals surface area contributed by atoms with E-state index in [1.165, 1.54) is 24.8 Å². The molecule has 1 aromatic rings. The largest absolute Gasteiger partial charge is 0.385 e. The van der Waals surface area contributed by atoms with E-state index in [0.717, 1.165) is 31.2 Å². The van der Waals surface area contributed by atoms with E-state index in [1.54, 1.807) is 0 Å². The van der Waals surface area contributed by atoms with E-state index >= 15 is 0 Å². The highest BCUT2D eigenvalue weighted by molar-refractivity contribution is 5.28. The summed E-state index contributed by atoms with van der Waals surface area (Å²) in [5.41, 5.74) is 1.94. The van der Waals surface area contributed by atoms with Crippen LogP contribution in [0.4, 0.5) is 0 Å². The lowest BCUT2D eigenvalue weighted by Gasteiger charge is -2.40. The quantitative estimate of drug-likeness (QED) is 0.833. The summed E-state index contributed by atoms with van der Waals surface area (Å²) >= 11 is 0. The summed E-state index contributed by atoms with van der Waals surface area (Å²) in [6, 6.07) is 8.69. The maximum Gasteiger partial charge on any atom is 0.0924 e. The fourth-order valence-corrected chi connectivity index (χ4v) is 3.40. The number of hydrogen-bond acceptors (Lipinski definition) is 1. The van der Waals surface area contributed by atoms with Gasteiger partial charge < -0.3 is 5.11 Å². The number of hydrogen-bond donors (Lipinski definition) is 1. The molecule has 0 aliphatic heterocycles. The van der Waals surface area contributed by atoms with E-state index in [9.17, 15) is 5.11 Å². The van der Waals surface area contributed by atoms with Crippen molar-refractivity contribution in [3.05, 3.63) is 35.4 Å². The van der Waals surface area contributed by atoms with Gasteiger partial charge in [0.1, 0.15) is 0 Å². The summed E-state index contributed by atoms with van der Waals surface area (Å²) in [6.07, 6.45) is 7.92. The second-order valence-corrected chi connectivity index (χ2v) is 5.72. The molecule has 1 fully saturated rings. The van der Waals surface area contributed by atoms with Crippen LogP contribution in [0.5, 0.6) is 0 Å². The molecule has 1 aromatic carbocycles. The van der Waals surface area contributed by atoms with E-state index in [1.807, 2.05) is 0 Å². The highest BCUT2D eigenvalue weighted by Crippen LogP contribution is 2.43. The van der Waals surface area contributed by atoms with E-state index in [-0.39, 0.29) is 0 Å². The first kappa shape index (κ1) is 13.6. The number of rotatable bonds is 4. The van der Waals surface area contributed by atoms with Crippen LogP contribution >= 0.6 is 0 Å². The molecule has 100 valence electrons. The van der Waals surface area contributed by atoms with Crippen LogP contribution in [0.25, 0.3) is 0 Å². The Morgan fingerprint density at radius 2 is 1.89 bits per heavy atom. The number of benzene rings is 1. The van der Waals surface area contributed by atoms with Crippen LogP contribution in [-0.4, -0.2) is 5.11 Å². The summed E-state index contributed by atoms with van der Waals surface area (Å²) in [7, 11) is 0. The lowest BCUT2D eigenvalue weighted by atomic mass is 9.70. The Balaban J connectivity index is 2.22. The van der Waals surface area contributed by atoms with Gasteiger partial charge in [0.2, 0.25) is 0 Å². The van der Waals surface area contributed by atoms with Crippen LogP contribution in [-0.2, 0) is 12.0 Å². The normalized spacial score (nSPS) is 28.3. The predicted molar refractivity (Wildman–Crippen MR) is 76.6 cm³/mol. The molecule has 2 unspecified atom stereocenters. The van der Waals surface area contributed by atoms with Gasteiger partial charge in [0, 0.05) is 0 Å². The average molecular weight is 246 g/mol. The third kappa shape index (κ3) is 2.61. The Morgan fingerprint density at radius 3 is 2.50 bits per heavy atom. The van der Waals surface area contributed by atoms with Gasteiger partial charge in [-0.15, -0.1) is 0 Å². The molecular weight excluding hydrogens is 220 g/mol. The van der Waals surface area contributed by atoms with Crippen LogP contribution in [0.3, 0.4) is 0 Å². The van der Waals surface area contributed by atoms with Crippen molar-refractivity contribution in [3.8, 4) is 0 Å². The van der Waals surface area contributed by atoms with Gasteiger partial charge in [-0.25, -0.2) is 0 Å². The van der Waals surface area contributed by atoms with Gasteiger partial charge in [0.25, 0.3) is 0 Å². The third-order valence-corrected chi connectivity index (χ3v) is 4.52. The second-order valence-electron chi connectivity index (χ2n) is 5.72. The summed E-state index contributed by atoms with van der Waals surface area (Å²) < 4.78 is 0. The molecule has 0 bridgehead atoms. The minimum Gasteiger partial charge on any atom is -0.385 e. The minimum absolute atomic E-state index is 0.434. The van der Waals surface area contributed by atoms with E-state index in [0.29, 0.717) is 5.92 Å². The van der Waals surface area contributed by atoms with Crippen molar-refractivity contribution in [2.75, 3.05) is 0 Å². The van der Waals surface area contributed by atoms with Crippen molar-refractivity contribution in [1.29, 1.82) is 0 Å². The molecule has 0 heterocycles. The summed E-state index contributed by atoms with van der Waals surface area (Å²) in [4.78, 5) is 0. The highest BCUT2D eigenvalue weighted by atomic mass is 16.3. The van der Waals surface area contributed by atoms with Crippen LogP contribution in [0.2, 0.25) is 0 Å². The van der Waals surface area contributed by atoms with Crippen LogP contribution in [0.1, 0.15) is 63.5 Å². The van der Waals surface area contributed by atoms with Crippen molar-refractivity contribution in [2.45, 2.75) is 64.4 Å². The SMILES string of the molecule is CCCc1ccc(C2(O)CCCCC2CC)cc1. The average Bonchev–Trinajstić information content (AvgIpc) is 2.40. The Morgan fingerprint density at radius 1 is 1.17 bits per heavy atom. The molecule has 0 radical (unpaired) electrons.